The third-order valence-electron chi connectivity index (χ3n) is 5.00. The molecule has 0 amide bonds. The van der Waals surface area contributed by atoms with Crippen LogP contribution in [-0.2, 0) is 0 Å². The zero-order chi connectivity index (χ0) is 16.7. The molecule has 4 rings (SSSR count). The maximum atomic E-state index is 6.26. The second-order valence-electron chi connectivity index (χ2n) is 6.58. The van der Waals surface area contributed by atoms with E-state index in [1.807, 2.05) is 12.1 Å². The summed E-state index contributed by atoms with van der Waals surface area (Å²) in [5.74, 6) is 0. The van der Waals surface area contributed by atoms with Gasteiger partial charge in [0.2, 0.25) is 0 Å². The van der Waals surface area contributed by atoms with Crippen LogP contribution in [0.25, 0.3) is 17.3 Å². The summed E-state index contributed by atoms with van der Waals surface area (Å²) in [7, 11) is 2.18. The Bertz CT molecular complexity index is 829. The Morgan fingerprint density at radius 2 is 1.62 bits per heavy atom. The third kappa shape index (κ3) is 2.66. The molecule has 24 heavy (non-hydrogen) atoms. The molecule has 0 aromatic heterocycles. The van der Waals surface area contributed by atoms with E-state index >= 15 is 0 Å². The Morgan fingerprint density at radius 1 is 0.917 bits per heavy atom. The lowest BCUT2D eigenvalue weighted by molar-refractivity contribution is 0.208. The van der Waals surface area contributed by atoms with Crippen molar-refractivity contribution in [1.29, 1.82) is 0 Å². The number of benzene rings is 2. The minimum atomic E-state index is 0.765. The molecule has 0 spiro atoms. The first-order valence-corrected chi connectivity index (χ1v) is 8.75. The molecular weight excluding hydrogens is 316 g/mol. The van der Waals surface area contributed by atoms with E-state index in [4.69, 9.17) is 11.6 Å². The summed E-state index contributed by atoms with van der Waals surface area (Å²) < 4.78 is 0. The summed E-state index contributed by atoms with van der Waals surface area (Å²) in [6, 6.07) is 14.7. The first kappa shape index (κ1) is 15.5. The van der Waals surface area contributed by atoms with Gasteiger partial charge < -0.3 is 9.80 Å². The topological polar surface area (TPSA) is 6.48 Å². The Kier molecular flexibility index (Phi) is 3.95. The summed E-state index contributed by atoms with van der Waals surface area (Å²) in [5, 5.41) is 0.765. The molecule has 0 saturated carbocycles. The summed E-state index contributed by atoms with van der Waals surface area (Å²) in [4.78, 5) is 4.87. The van der Waals surface area contributed by atoms with Crippen molar-refractivity contribution in [3.8, 4) is 0 Å². The zero-order valence-corrected chi connectivity index (χ0v) is 14.7. The van der Waals surface area contributed by atoms with Gasteiger partial charge in [-0.1, -0.05) is 48.5 Å². The number of likely N-dealkylation sites (N-methyl/N-ethyl adjacent to an activating group) is 1. The molecule has 2 aromatic rings. The highest BCUT2D eigenvalue weighted by atomic mass is 35.5. The average Bonchev–Trinajstić information content (AvgIpc) is 2.71. The smallest absolute Gasteiger partial charge is 0.0453 e. The van der Waals surface area contributed by atoms with Gasteiger partial charge in [-0.25, -0.2) is 0 Å². The molecule has 1 fully saturated rings. The molecule has 1 aliphatic carbocycles. The lowest BCUT2D eigenvalue weighted by Gasteiger charge is -2.36. The second-order valence-corrected chi connectivity index (χ2v) is 7.01. The van der Waals surface area contributed by atoms with E-state index in [1.54, 1.807) is 0 Å². The minimum absolute atomic E-state index is 0.765. The van der Waals surface area contributed by atoms with Gasteiger partial charge in [-0.05, 0) is 47.5 Å². The van der Waals surface area contributed by atoms with E-state index in [0.29, 0.717) is 0 Å². The fourth-order valence-corrected chi connectivity index (χ4v) is 3.76. The van der Waals surface area contributed by atoms with Gasteiger partial charge >= 0.3 is 0 Å². The maximum absolute atomic E-state index is 6.26. The quantitative estimate of drug-likeness (QED) is 0.758. The van der Waals surface area contributed by atoms with Crippen LogP contribution in [0.3, 0.4) is 0 Å². The molecule has 2 aliphatic rings. The predicted molar refractivity (Wildman–Crippen MR) is 103 cm³/mol. The van der Waals surface area contributed by atoms with Crippen LogP contribution in [0.5, 0.6) is 0 Å². The Labute approximate surface area is 148 Å². The number of rotatable bonds is 1. The number of nitrogens with zero attached hydrogens (tertiary/aromatic N) is 2. The lowest BCUT2D eigenvalue weighted by atomic mass is 9.94. The van der Waals surface area contributed by atoms with Crippen LogP contribution < -0.4 is 0 Å². The first-order valence-electron chi connectivity index (χ1n) is 8.37. The van der Waals surface area contributed by atoms with Gasteiger partial charge in [-0.2, -0.15) is 0 Å². The van der Waals surface area contributed by atoms with E-state index in [2.05, 4.69) is 59.8 Å². The van der Waals surface area contributed by atoms with Gasteiger partial charge in [0.1, 0.15) is 0 Å². The highest BCUT2D eigenvalue weighted by molar-refractivity contribution is 6.30. The van der Waals surface area contributed by atoms with Gasteiger partial charge in [0.05, 0.1) is 0 Å². The summed E-state index contributed by atoms with van der Waals surface area (Å²) >= 11 is 6.26. The highest BCUT2D eigenvalue weighted by Gasteiger charge is 2.23. The molecule has 1 aliphatic heterocycles. The highest BCUT2D eigenvalue weighted by Crippen LogP contribution is 2.38. The van der Waals surface area contributed by atoms with Gasteiger partial charge in [-0.3, -0.25) is 0 Å². The fraction of sp³-hybridized carbons (Fsp3) is 0.238. The van der Waals surface area contributed by atoms with Crippen LogP contribution in [0.1, 0.15) is 22.3 Å². The molecule has 122 valence electrons. The van der Waals surface area contributed by atoms with E-state index in [9.17, 15) is 0 Å². The molecule has 3 heteroatoms. The zero-order valence-electron chi connectivity index (χ0n) is 13.9. The van der Waals surface area contributed by atoms with Gasteiger partial charge in [0.25, 0.3) is 0 Å². The molecule has 0 radical (unpaired) electrons. The van der Waals surface area contributed by atoms with Crippen LogP contribution in [0, 0.1) is 0 Å². The molecule has 0 bridgehead atoms. The van der Waals surface area contributed by atoms with Gasteiger partial charge in [-0.15, -0.1) is 0 Å². The summed E-state index contributed by atoms with van der Waals surface area (Å²) in [6.07, 6.45) is 2.28. The number of hydrogen-bond donors (Lipinski definition) is 0. The van der Waals surface area contributed by atoms with Gasteiger partial charge in [0, 0.05) is 42.5 Å². The molecule has 1 saturated heterocycles. The number of halogens is 1. The minimum Gasteiger partial charge on any atom is -0.368 e. The molecule has 0 N–H and O–H groups in total. The van der Waals surface area contributed by atoms with Crippen molar-refractivity contribution in [3.05, 3.63) is 76.3 Å². The molecule has 2 aromatic carbocycles. The van der Waals surface area contributed by atoms with Gasteiger partial charge in [0.15, 0.2) is 0 Å². The van der Waals surface area contributed by atoms with Crippen molar-refractivity contribution >= 4 is 28.9 Å². The number of hydrogen-bond acceptors (Lipinski definition) is 2. The van der Waals surface area contributed by atoms with E-state index < -0.39 is 0 Å². The van der Waals surface area contributed by atoms with Crippen molar-refractivity contribution < 1.29 is 0 Å². The largest absolute Gasteiger partial charge is 0.368 e. The van der Waals surface area contributed by atoms with Crippen LogP contribution in [0.4, 0.5) is 0 Å². The van der Waals surface area contributed by atoms with Crippen LogP contribution in [0.15, 0.2) is 49.0 Å². The lowest BCUT2D eigenvalue weighted by Crippen LogP contribution is -2.43. The standard InChI is InChI=1S/C21H21ClN2/c1-15-18-8-7-17(22)13-16(18)14-21(20-6-4-3-5-19(15)20)24-11-9-23(2)10-12-24/h3-8,13-14H,1,9-12H2,2H3. The first-order chi connectivity index (χ1) is 11.6. The van der Waals surface area contributed by atoms with Crippen molar-refractivity contribution in [3.63, 3.8) is 0 Å². The summed E-state index contributed by atoms with van der Waals surface area (Å²) in [6.45, 7) is 8.63. The Hall–Kier alpha value is -2.03. The summed E-state index contributed by atoms with van der Waals surface area (Å²) in [5.41, 5.74) is 7.13. The van der Waals surface area contributed by atoms with Crippen molar-refractivity contribution in [2.75, 3.05) is 33.2 Å². The van der Waals surface area contributed by atoms with Crippen LogP contribution in [0.2, 0.25) is 5.02 Å². The normalized spacial score (nSPS) is 17.8. The third-order valence-corrected chi connectivity index (χ3v) is 5.24. The second kappa shape index (κ2) is 6.12. The van der Waals surface area contributed by atoms with Crippen LogP contribution in [-0.4, -0.2) is 43.0 Å². The predicted octanol–water partition coefficient (Wildman–Crippen LogP) is 4.46. The van der Waals surface area contributed by atoms with E-state index in [-0.39, 0.29) is 0 Å². The molecule has 0 atom stereocenters. The number of fused-ring (bicyclic) bond motifs is 2. The van der Waals surface area contributed by atoms with Crippen molar-refractivity contribution in [2.24, 2.45) is 0 Å². The fourth-order valence-electron chi connectivity index (χ4n) is 3.58. The monoisotopic (exact) mass is 336 g/mol. The van der Waals surface area contributed by atoms with Crippen molar-refractivity contribution in [2.45, 2.75) is 0 Å². The molecule has 2 nitrogen and oxygen atoms in total. The molecule has 1 heterocycles. The molecular formula is C21H21ClN2. The van der Waals surface area contributed by atoms with Crippen molar-refractivity contribution in [1.82, 2.24) is 9.80 Å². The average molecular weight is 337 g/mol. The SMILES string of the molecule is C=C1c2ccc(Cl)cc2C=C(N2CCN(C)CC2)c2ccccc21. The molecule has 0 unspecified atom stereocenters. The number of piperazine rings is 1. The Morgan fingerprint density at radius 3 is 2.38 bits per heavy atom. The van der Waals surface area contributed by atoms with E-state index in [0.717, 1.165) is 47.9 Å². The maximum Gasteiger partial charge on any atom is 0.0453 e. The van der Waals surface area contributed by atoms with Crippen LogP contribution >= 0.6 is 11.6 Å². The van der Waals surface area contributed by atoms with E-state index in [1.165, 1.54) is 16.8 Å². The Balaban J connectivity index is 1.89.